The van der Waals surface area contributed by atoms with Crippen LogP contribution in [0.1, 0.15) is 49.8 Å². The second kappa shape index (κ2) is 10.4. The van der Waals surface area contributed by atoms with E-state index in [2.05, 4.69) is 59.0 Å². The molecule has 0 bridgehead atoms. The van der Waals surface area contributed by atoms with Crippen LogP contribution in [-0.2, 0) is 6.54 Å². The average Bonchev–Trinajstić information content (AvgIpc) is 3.15. The highest BCUT2D eigenvalue weighted by Gasteiger charge is 2.21. The topological polar surface area (TPSA) is 103 Å². The number of aromatic nitrogens is 6. The molecule has 198 valence electrons. The van der Waals surface area contributed by atoms with Gasteiger partial charge in [-0.2, -0.15) is 4.98 Å². The van der Waals surface area contributed by atoms with Crippen LogP contribution in [0.15, 0.2) is 58.8 Å². The largest absolute Gasteiger partial charge is 0.324 e. The summed E-state index contributed by atoms with van der Waals surface area (Å²) in [5.41, 5.74) is 3.32. The van der Waals surface area contributed by atoms with E-state index < -0.39 is 0 Å². The molecule has 38 heavy (non-hydrogen) atoms. The van der Waals surface area contributed by atoms with E-state index in [1.165, 1.54) is 32.8 Å². The Hall–Kier alpha value is -4.05. The SMILES string of the molecule is C=CCn1c(=O)c2cnc(Nc3cc(C)cc(C4CCN(C)CC4)c3)nc2n1-c1ccc(=O)n(C(C)C)n1. The van der Waals surface area contributed by atoms with Crippen molar-refractivity contribution in [2.75, 3.05) is 25.5 Å². The number of anilines is 2. The minimum Gasteiger partial charge on any atom is -0.324 e. The van der Waals surface area contributed by atoms with Crippen LogP contribution in [0.3, 0.4) is 0 Å². The monoisotopic (exact) mass is 514 g/mol. The summed E-state index contributed by atoms with van der Waals surface area (Å²) in [4.78, 5) is 37.2. The lowest BCUT2D eigenvalue weighted by Crippen LogP contribution is -2.29. The highest BCUT2D eigenvalue weighted by Crippen LogP contribution is 2.31. The fourth-order valence-electron chi connectivity index (χ4n) is 5.10. The smallest absolute Gasteiger partial charge is 0.278 e. The summed E-state index contributed by atoms with van der Waals surface area (Å²) < 4.78 is 4.52. The number of fused-ring (bicyclic) bond motifs is 1. The Bertz CT molecular complexity index is 1610. The molecule has 0 saturated carbocycles. The molecule has 1 aliphatic rings. The van der Waals surface area contributed by atoms with Crippen LogP contribution in [0.4, 0.5) is 11.6 Å². The van der Waals surface area contributed by atoms with E-state index in [0.29, 0.717) is 28.7 Å². The van der Waals surface area contributed by atoms with Gasteiger partial charge >= 0.3 is 0 Å². The van der Waals surface area contributed by atoms with Gasteiger partial charge in [0, 0.05) is 18.0 Å². The van der Waals surface area contributed by atoms with Crippen molar-refractivity contribution in [2.24, 2.45) is 0 Å². The minimum atomic E-state index is -0.254. The molecular formula is C28H34N8O2. The van der Waals surface area contributed by atoms with E-state index in [0.717, 1.165) is 31.6 Å². The predicted molar refractivity (Wildman–Crippen MR) is 150 cm³/mol. The lowest BCUT2D eigenvalue weighted by molar-refractivity contribution is 0.255. The van der Waals surface area contributed by atoms with Gasteiger partial charge in [0.25, 0.3) is 11.1 Å². The zero-order valence-corrected chi connectivity index (χ0v) is 22.4. The molecule has 0 radical (unpaired) electrons. The van der Waals surface area contributed by atoms with Crippen molar-refractivity contribution in [2.45, 2.75) is 52.1 Å². The van der Waals surface area contributed by atoms with Crippen molar-refractivity contribution in [3.05, 3.63) is 81.0 Å². The first-order valence-electron chi connectivity index (χ1n) is 13.0. The van der Waals surface area contributed by atoms with Gasteiger partial charge in [0.05, 0.1) is 12.6 Å². The number of nitrogens with one attached hydrogen (secondary N) is 1. The summed E-state index contributed by atoms with van der Waals surface area (Å²) in [5, 5.41) is 8.24. The zero-order chi connectivity index (χ0) is 27.0. The molecule has 3 aromatic heterocycles. The number of benzene rings is 1. The molecule has 10 nitrogen and oxygen atoms in total. The Morgan fingerprint density at radius 1 is 1.16 bits per heavy atom. The fraction of sp³-hybridized carbons (Fsp3) is 0.393. The number of nitrogens with zero attached hydrogens (tertiary/aromatic N) is 7. The summed E-state index contributed by atoms with van der Waals surface area (Å²) in [6.07, 6.45) is 5.45. The first-order valence-corrected chi connectivity index (χ1v) is 13.0. The van der Waals surface area contributed by atoms with E-state index in [9.17, 15) is 9.59 Å². The summed E-state index contributed by atoms with van der Waals surface area (Å²) in [5.74, 6) is 1.31. The number of rotatable bonds is 7. The van der Waals surface area contributed by atoms with E-state index >= 15 is 0 Å². The van der Waals surface area contributed by atoms with Crippen molar-refractivity contribution in [1.82, 2.24) is 34.0 Å². The lowest BCUT2D eigenvalue weighted by atomic mass is 9.88. The molecule has 1 saturated heterocycles. The Morgan fingerprint density at radius 3 is 2.63 bits per heavy atom. The number of likely N-dealkylation sites (tertiary alicyclic amines) is 1. The quantitative estimate of drug-likeness (QED) is 0.375. The molecule has 4 aromatic rings. The van der Waals surface area contributed by atoms with Crippen LogP contribution in [0.5, 0.6) is 0 Å². The fourth-order valence-corrected chi connectivity index (χ4v) is 5.10. The Morgan fingerprint density at radius 2 is 1.92 bits per heavy atom. The minimum absolute atomic E-state index is 0.143. The lowest BCUT2D eigenvalue weighted by Gasteiger charge is -2.29. The van der Waals surface area contributed by atoms with E-state index in [1.54, 1.807) is 16.8 Å². The highest BCUT2D eigenvalue weighted by atomic mass is 16.1. The summed E-state index contributed by atoms with van der Waals surface area (Å²) in [6.45, 7) is 12.1. The molecular weight excluding hydrogens is 480 g/mol. The third kappa shape index (κ3) is 4.91. The van der Waals surface area contributed by atoms with Crippen LogP contribution in [-0.4, -0.2) is 54.1 Å². The molecule has 4 heterocycles. The molecule has 0 atom stereocenters. The molecule has 1 N–H and O–H groups in total. The maximum Gasteiger partial charge on any atom is 0.278 e. The van der Waals surface area contributed by atoms with Gasteiger partial charge in [0.15, 0.2) is 11.5 Å². The Labute approximate surface area is 221 Å². The van der Waals surface area contributed by atoms with E-state index in [1.807, 2.05) is 13.8 Å². The average molecular weight is 515 g/mol. The molecule has 0 amide bonds. The number of hydrogen-bond donors (Lipinski definition) is 1. The third-order valence-corrected chi connectivity index (χ3v) is 7.04. The number of piperidine rings is 1. The maximum atomic E-state index is 13.2. The van der Waals surface area contributed by atoms with Crippen molar-refractivity contribution < 1.29 is 0 Å². The van der Waals surface area contributed by atoms with Gasteiger partial charge in [-0.25, -0.2) is 19.0 Å². The first-order chi connectivity index (χ1) is 18.2. The molecule has 1 fully saturated rings. The maximum absolute atomic E-state index is 13.2. The molecule has 10 heteroatoms. The van der Waals surface area contributed by atoms with Gasteiger partial charge in [-0.3, -0.25) is 9.59 Å². The molecule has 0 spiro atoms. The second-order valence-electron chi connectivity index (χ2n) is 10.3. The molecule has 1 aromatic carbocycles. The van der Waals surface area contributed by atoms with Crippen LogP contribution in [0.2, 0.25) is 0 Å². The summed E-state index contributed by atoms with van der Waals surface area (Å²) in [7, 11) is 2.17. The molecule has 0 unspecified atom stereocenters. The van der Waals surface area contributed by atoms with Crippen molar-refractivity contribution in [3.63, 3.8) is 0 Å². The number of allylic oxidation sites excluding steroid dienone is 1. The standard InChI is InChI=1S/C28H34N8O2/c1-6-11-34-27(38)23-17-29-28(31-26(23)36(34)24-7-8-25(37)35(32-24)18(2)3)30-22-15-19(4)14-21(16-22)20-9-12-33(5)13-10-20/h6-8,14-18,20H,1,9-13H2,2-5H3,(H,29,30,31). The third-order valence-electron chi connectivity index (χ3n) is 7.04. The van der Waals surface area contributed by atoms with Gasteiger partial charge in [0.2, 0.25) is 5.95 Å². The van der Waals surface area contributed by atoms with Crippen LogP contribution < -0.4 is 16.4 Å². The molecule has 0 aliphatic carbocycles. The van der Waals surface area contributed by atoms with Gasteiger partial charge in [-0.15, -0.1) is 11.7 Å². The van der Waals surface area contributed by atoms with Gasteiger partial charge in [0.1, 0.15) is 5.39 Å². The van der Waals surface area contributed by atoms with Gasteiger partial charge < -0.3 is 10.2 Å². The predicted octanol–water partition coefficient (Wildman–Crippen LogP) is 3.77. The van der Waals surface area contributed by atoms with Crippen LogP contribution in [0, 0.1) is 6.92 Å². The van der Waals surface area contributed by atoms with E-state index in [4.69, 9.17) is 4.98 Å². The van der Waals surface area contributed by atoms with Crippen LogP contribution in [0.25, 0.3) is 16.9 Å². The zero-order valence-electron chi connectivity index (χ0n) is 22.4. The first kappa shape index (κ1) is 25.6. The number of aryl methyl sites for hydroxylation is 1. The van der Waals surface area contributed by atoms with Gasteiger partial charge in [-0.05, 0) is 89.0 Å². The van der Waals surface area contributed by atoms with Gasteiger partial charge in [-0.1, -0.05) is 12.1 Å². The Kier molecular flexibility index (Phi) is 6.98. The highest BCUT2D eigenvalue weighted by molar-refractivity contribution is 5.77. The Balaban J connectivity index is 1.57. The molecule has 1 aliphatic heterocycles. The van der Waals surface area contributed by atoms with Crippen molar-refractivity contribution in [3.8, 4) is 5.82 Å². The molecule has 5 rings (SSSR count). The van der Waals surface area contributed by atoms with Crippen molar-refractivity contribution in [1.29, 1.82) is 0 Å². The van der Waals surface area contributed by atoms with E-state index in [-0.39, 0.29) is 23.7 Å². The number of hydrogen-bond acceptors (Lipinski definition) is 7. The van der Waals surface area contributed by atoms with Crippen molar-refractivity contribution >= 4 is 22.7 Å². The second-order valence-corrected chi connectivity index (χ2v) is 10.3. The summed E-state index contributed by atoms with van der Waals surface area (Å²) >= 11 is 0. The van der Waals surface area contributed by atoms with Crippen LogP contribution >= 0.6 is 0 Å². The normalized spacial score (nSPS) is 14.9. The summed E-state index contributed by atoms with van der Waals surface area (Å²) in [6, 6.07) is 9.41.